The molecule has 0 radical (unpaired) electrons. The van der Waals surface area contributed by atoms with E-state index in [1.807, 2.05) is 4.80 Å². The van der Waals surface area contributed by atoms with Crippen molar-refractivity contribution >= 4 is 90.3 Å². The van der Waals surface area contributed by atoms with E-state index in [9.17, 15) is 0 Å². The number of nitrogens with zero attached hydrogens (tertiary/aromatic N) is 13. The highest BCUT2D eigenvalue weighted by Gasteiger charge is 2.29. The van der Waals surface area contributed by atoms with E-state index in [4.69, 9.17) is 23.3 Å². The van der Waals surface area contributed by atoms with Crippen molar-refractivity contribution < 1.29 is 4.80 Å². The molecule has 484 valence electrons. The first-order valence-electron chi connectivity index (χ1n) is 35.9. The minimum Gasteiger partial charge on any atom is -0.371 e. The van der Waals surface area contributed by atoms with Crippen molar-refractivity contribution in [1.82, 2.24) is 43.1 Å². The molecule has 0 saturated carbocycles. The van der Waals surface area contributed by atoms with E-state index in [1.165, 1.54) is 202 Å². The SMILES string of the molecule is CCCCCN1CCCc2cc(-c3c4nnnc4c(-c4ccc5c(c4)CCCN5CCCCC)c4[nH]snc34)ccc21.CCCCCN1CCCc2cc(-c3c4nsnc4c(-c4ccc5c(c4)CCCN5CCCCC)c4[n-][n+](CC(CC)CCCC)nc34)ccc21. The van der Waals surface area contributed by atoms with Crippen molar-refractivity contribution in [2.75, 3.05) is 72.0 Å². The summed E-state index contributed by atoms with van der Waals surface area (Å²) in [4.78, 5) is 12.4. The fraction of sp³-hybridized carbons (Fsp3) is 0.526. The molecule has 0 fully saturated rings. The Morgan fingerprint density at radius 1 is 0.457 bits per heavy atom. The lowest BCUT2D eigenvalue weighted by Crippen LogP contribution is -2.43. The molecule has 0 saturated heterocycles. The van der Waals surface area contributed by atoms with E-state index in [1.54, 1.807) is 0 Å². The van der Waals surface area contributed by atoms with E-state index in [0.717, 1.165) is 169 Å². The Balaban J connectivity index is 0.000000170. The van der Waals surface area contributed by atoms with Gasteiger partial charge in [0.2, 0.25) is 0 Å². The Labute approximate surface area is 554 Å². The second-order valence-electron chi connectivity index (χ2n) is 26.9. The fourth-order valence-corrected chi connectivity index (χ4v) is 16.7. The van der Waals surface area contributed by atoms with Gasteiger partial charge in [0.15, 0.2) is 6.54 Å². The third kappa shape index (κ3) is 13.3. The molecule has 16 heteroatoms. The van der Waals surface area contributed by atoms with E-state index < -0.39 is 0 Å². The first kappa shape index (κ1) is 63.7. The van der Waals surface area contributed by atoms with Crippen molar-refractivity contribution in [2.45, 2.75) is 202 Å². The first-order chi connectivity index (χ1) is 45.4. The zero-order valence-corrected chi connectivity index (χ0v) is 57.6. The normalized spacial score (nSPS) is 15.1. The van der Waals surface area contributed by atoms with Crippen LogP contribution in [0, 0.1) is 5.92 Å². The zero-order chi connectivity index (χ0) is 62.9. The molecule has 0 amide bonds. The molecule has 0 bridgehead atoms. The standard InChI is InChI=1S/C42H57N7S.C34H41N7S/c1-5-9-12-23-47-25-14-17-31-27-33(19-21-35(31)47)37-39-40(44-49(43-39)29-30(8-4)16-11-7-3)38(42-41(37)45-50-46-42)34-20-22-36-32(28-34)18-15-26-48(36)24-13-10-6-2;1-3-5-7-17-40-19-9-11-23-21-25(13-15-27(23)40)29-31-32(36-39-35-31)30(34-33(29)37-42-38-34)26-14-16-28-24(22-26)12-10-20-41(28)18-8-6-4-2/h19-22,27-28,30H,5-18,23-26,29H2,1-4H3;13-16,21-22,37H,3-12,17-20H2,1-2H3. The van der Waals surface area contributed by atoms with Crippen LogP contribution in [-0.4, -0.2) is 90.4 Å². The minimum atomic E-state index is 0.560. The molecule has 0 spiro atoms. The number of aromatic amines is 1. The topological polar surface area (TPSA) is 137 Å². The fourth-order valence-electron chi connectivity index (χ4n) is 15.5. The Hall–Kier alpha value is -7.04. The third-order valence-corrected chi connectivity index (χ3v) is 21.6. The molecule has 4 aliphatic rings. The summed E-state index contributed by atoms with van der Waals surface area (Å²) in [6.07, 6.45) is 29.2. The van der Waals surface area contributed by atoms with E-state index in [2.05, 4.69) is 154 Å². The van der Waals surface area contributed by atoms with Gasteiger partial charge in [0.25, 0.3) is 0 Å². The smallest absolute Gasteiger partial charge is 0.165 e. The van der Waals surface area contributed by atoms with Crippen LogP contribution >= 0.6 is 23.5 Å². The molecule has 92 heavy (non-hydrogen) atoms. The minimum absolute atomic E-state index is 0.560. The van der Waals surface area contributed by atoms with Crippen LogP contribution in [0.25, 0.3) is 88.6 Å². The number of benzene rings is 6. The van der Waals surface area contributed by atoms with Crippen LogP contribution < -0.4 is 29.5 Å². The van der Waals surface area contributed by atoms with E-state index >= 15 is 0 Å². The van der Waals surface area contributed by atoms with Crippen LogP contribution in [-0.2, 0) is 32.2 Å². The van der Waals surface area contributed by atoms with Gasteiger partial charge >= 0.3 is 0 Å². The van der Waals surface area contributed by atoms with Crippen LogP contribution in [0.2, 0.25) is 0 Å². The molecule has 4 aromatic heterocycles. The molecular weight excluding hydrogens is 1170 g/mol. The van der Waals surface area contributed by atoms with Crippen LogP contribution in [0.1, 0.15) is 192 Å². The average molecular weight is 1270 g/mol. The number of nitrogens with one attached hydrogen (secondary N) is 1. The molecule has 14 nitrogen and oxygen atoms in total. The van der Waals surface area contributed by atoms with Crippen molar-refractivity contribution in [3.63, 3.8) is 0 Å². The Morgan fingerprint density at radius 2 is 0.870 bits per heavy atom. The van der Waals surface area contributed by atoms with Gasteiger partial charge in [0.1, 0.15) is 27.6 Å². The number of aryl methyl sites for hydroxylation is 4. The van der Waals surface area contributed by atoms with Gasteiger partial charge in [-0.05, 0) is 188 Å². The monoisotopic (exact) mass is 1270 g/mol. The summed E-state index contributed by atoms with van der Waals surface area (Å²) in [7, 11) is 0. The van der Waals surface area contributed by atoms with Gasteiger partial charge in [-0.15, -0.1) is 10.2 Å². The number of hydrogen-bond acceptors (Lipinski definition) is 13. The first-order valence-corrected chi connectivity index (χ1v) is 37.4. The van der Waals surface area contributed by atoms with Crippen LogP contribution in [0.5, 0.6) is 0 Å². The number of aromatic nitrogens is 10. The molecule has 14 rings (SSSR count). The predicted molar refractivity (Wildman–Crippen MR) is 386 cm³/mol. The van der Waals surface area contributed by atoms with Crippen LogP contribution in [0.15, 0.2) is 72.8 Å². The summed E-state index contributed by atoms with van der Waals surface area (Å²) in [5.41, 5.74) is 27.8. The third-order valence-electron chi connectivity index (χ3n) is 20.5. The predicted octanol–water partition coefficient (Wildman–Crippen LogP) is 18.1. The summed E-state index contributed by atoms with van der Waals surface area (Å²) >= 11 is 2.71. The van der Waals surface area contributed by atoms with Gasteiger partial charge in [0.05, 0.1) is 17.2 Å². The summed E-state index contributed by atoms with van der Waals surface area (Å²) in [6, 6.07) is 28.1. The molecule has 6 aromatic carbocycles. The van der Waals surface area contributed by atoms with Crippen LogP contribution in [0.3, 0.4) is 0 Å². The maximum atomic E-state index is 5.34. The van der Waals surface area contributed by atoms with Crippen LogP contribution in [0.4, 0.5) is 22.7 Å². The Bertz CT molecular complexity index is 3820. The Morgan fingerprint density at radius 3 is 1.32 bits per heavy atom. The van der Waals surface area contributed by atoms with Crippen molar-refractivity contribution in [1.29, 1.82) is 0 Å². The molecule has 4 aliphatic heterocycles. The highest BCUT2D eigenvalue weighted by Crippen LogP contribution is 2.46. The maximum absolute atomic E-state index is 5.34. The second-order valence-corrected chi connectivity index (χ2v) is 28.0. The lowest BCUT2D eigenvalue weighted by atomic mass is 9.91. The van der Waals surface area contributed by atoms with Crippen molar-refractivity contribution in [3.05, 3.63) is 95.1 Å². The molecule has 1 unspecified atom stereocenters. The van der Waals surface area contributed by atoms with Gasteiger partial charge in [-0.25, -0.2) is 0 Å². The van der Waals surface area contributed by atoms with Gasteiger partial charge in [-0.1, -0.05) is 130 Å². The highest BCUT2D eigenvalue weighted by molar-refractivity contribution is 7.00. The maximum Gasteiger partial charge on any atom is 0.165 e. The number of unbranched alkanes of at least 4 members (excludes halogenated alkanes) is 9. The van der Waals surface area contributed by atoms with Crippen molar-refractivity contribution in [3.8, 4) is 44.5 Å². The number of rotatable bonds is 26. The molecule has 1 atom stereocenters. The molecule has 10 aromatic rings. The van der Waals surface area contributed by atoms with Gasteiger partial charge in [-0.3, -0.25) is 4.37 Å². The van der Waals surface area contributed by atoms with Crippen molar-refractivity contribution in [2.24, 2.45) is 5.92 Å². The summed E-state index contributed by atoms with van der Waals surface area (Å²) in [5.74, 6) is 0.560. The van der Waals surface area contributed by atoms with Gasteiger partial charge in [0, 0.05) is 126 Å². The van der Waals surface area contributed by atoms with E-state index in [-0.39, 0.29) is 0 Å². The molecule has 1 N–H and O–H groups in total. The lowest BCUT2D eigenvalue weighted by molar-refractivity contribution is -0.809. The number of hydrogen-bond donors (Lipinski definition) is 1. The Kier molecular flexibility index (Phi) is 20.7. The summed E-state index contributed by atoms with van der Waals surface area (Å²) in [5, 5.41) is 24.1. The quantitative estimate of drug-likeness (QED) is 0.0408. The van der Waals surface area contributed by atoms with E-state index in [0.29, 0.717) is 5.92 Å². The number of anilines is 4. The lowest BCUT2D eigenvalue weighted by Gasteiger charge is -2.32. The highest BCUT2D eigenvalue weighted by atomic mass is 32.1. The summed E-state index contributed by atoms with van der Waals surface area (Å²) < 4.78 is 18.4. The molecule has 8 heterocycles. The average Bonchev–Trinajstić information content (AvgIpc) is 1.58. The van der Waals surface area contributed by atoms with Gasteiger partial charge in [-0.2, -0.15) is 28.1 Å². The number of fused-ring (bicyclic) bond motifs is 8. The molecular formula is C76H98N14S2. The number of H-pyrrole nitrogens is 1. The largest absolute Gasteiger partial charge is 0.371 e. The van der Waals surface area contributed by atoms with Gasteiger partial charge < -0.3 is 19.6 Å². The summed E-state index contributed by atoms with van der Waals surface area (Å²) in [6.45, 7) is 23.7. The second kappa shape index (κ2) is 29.9. The zero-order valence-electron chi connectivity index (χ0n) is 56.0. The molecule has 0 aliphatic carbocycles.